The minimum atomic E-state index is -0.230. The summed E-state index contributed by atoms with van der Waals surface area (Å²) < 4.78 is 18.5. The van der Waals surface area contributed by atoms with Gasteiger partial charge in [-0.25, -0.2) is 4.39 Å². The highest BCUT2D eigenvalue weighted by Gasteiger charge is 1.99. The van der Waals surface area contributed by atoms with Gasteiger partial charge >= 0.3 is 0 Å². The molecular weight excluding hydrogens is 253 g/mol. The van der Waals surface area contributed by atoms with Crippen molar-refractivity contribution in [1.82, 2.24) is 0 Å². The number of benzene rings is 2. The second-order valence-electron chi connectivity index (χ2n) is 4.32. The predicted molar refractivity (Wildman–Crippen MR) is 81.5 cm³/mol. The standard InChI is InChI=1S/C17H18FNO/c1-2-5-14-6-3-4-7-17(14)20-13-12-19-16-10-8-15(18)9-11-16/h2-11,19H,12-13H2,1H3. The maximum absolute atomic E-state index is 12.8. The Morgan fingerprint density at radius 1 is 1.10 bits per heavy atom. The van der Waals surface area contributed by atoms with Crippen LogP contribution < -0.4 is 10.1 Å². The van der Waals surface area contributed by atoms with E-state index in [0.717, 1.165) is 17.0 Å². The van der Waals surface area contributed by atoms with E-state index in [9.17, 15) is 4.39 Å². The van der Waals surface area contributed by atoms with Crippen LogP contribution in [0.25, 0.3) is 6.08 Å². The Balaban J connectivity index is 1.83. The van der Waals surface area contributed by atoms with Gasteiger partial charge in [0.2, 0.25) is 0 Å². The van der Waals surface area contributed by atoms with Gasteiger partial charge in [0.25, 0.3) is 0 Å². The highest BCUT2D eigenvalue weighted by Crippen LogP contribution is 2.19. The molecule has 0 fully saturated rings. The lowest BCUT2D eigenvalue weighted by molar-refractivity contribution is 0.332. The molecule has 0 spiro atoms. The summed E-state index contributed by atoms with van der Waals surface area (Å²) >= 11 is 0. The quantitative estimate of drug-likeness (QED) is 0.789. The van der Waals surface area contributed by atoms with Gasteiger partial charge in [-0.15, -0.1) is 0 Å². The van der Waals surface area contributed by atoms with Crippen LogP contribution >= 0.6 is 0 Å². The smallest absolute Gasteiger partial charge is 0.126 e. The first kappa shape index (κ1) is 14.1. The molecule has 2 nitrogen and oxygen atoms in total. The molecule has 3 heteroatoms. The van der Waals surface area contributed by atoms with Gasteiger partial charge in [-0.05, 0) is 37.3 Å². The van der Waals surface area contributed by atoms with Gasteiger partial charge in [0.15, 0.2) is 0 Å². The molecule has 1 N–H and O–H groups in total. The highest BCUT2D eigenvalue weighted by atomic mass is 19.1. The molecule has 2 aromatic carbocycles. The molecule has 0 aliphatic heterocycles. The van der Waals surface area contributed by atoms with E-state index >= 15 is 0 Å². The molecule has 0 unspecified atom stereocenters. The van der Waals surface area contributed by atoms with E-state index in [0.29, 0.717) is 13.2 Å². The Kier molecular flexibility index (Phi) is 5.18. The van der Waals surface area contributed by atoms with Crippen molar-refractivity contribution in [2.24, 2.45) is 0 Å². The third-order valence-electron chi connectivity index (χ3n) is 2.80. The Hall–Kier alpha value is -2.29. The van der Waals surface area contributed by atoms with Crippen molar-refractivity contribution in [3.63, 3.8) is 0 Å². The van der Waals surface area contributed by atoms with Crippen LogP contribution in [-0.2, 0) is 0 Å². The average molecular weight is 271 g/mol. The second-order valence-corrected chi connectivity index (χ2v) is 4.32. The van der Waals surface area contributed by atoms with Crippen molar-refractivity contribution in [3.05, 3.63) is 66.0 Å². The van der Waals surface area contributed by atoms with E-state index < -0.39 is 0 Å². The number of allylic oxidation sites excluding steroid dienone is 1. The van der Waals surface area contributed by atoms with E-state index in [1.54, 1.807) is 12.1 Å². The third kappa shape index (κ3) is 4.12. The van der Waals surface area contributed by atoms with Crippen LogP contribution in [0, 0.1) is 5.82 Å². The van der Waals surface area contributed by atoms with Gasteiger partial charge in [-0.2, -0.15) is 0 Å². The molecule has 0 aliphatic carbocycles. The molecule has 0 saturated carbocycles. The minimum Gasteiger partial charge on any atom is -0.491 e. The number of ether oxygens (including phenoxy) is 1. The van der Waals surface area contributed by atoms with Gasteiger partial charge in [-0.3, -0.25) is 0 Å². The fraction of sp³-hybridized carbons (Fsp3) is 0.176. The monoisotopic (exact) mass is 271 g/mol. The summed E-state index contributed by atoms with van der Waals surface area (Å²) in [5.41, 5.74) is 1.95. The van der Waals surface area contributed by atoms with Crippen LogP contribution in [0.4, 0.5) is 10.1 Å². The van der Waals surface area contributed by atoms with Crippen molar-refractivity contribution < 1.29 is 9.13 Å². The Bertz CT molecular complexity index is 563. The summed E-state index contributed by atoms with van der Waals surface area (Å²) in [5, 5.41) is 3.18. The molecule has 2 aromatic rings. The van der Waals surface area contributed by atoms with Gasteiger partial charge in [0.1, 0.15) is 18.2 Å². The number of halogens is 1. The molecule has 0 radical (unpaired) electrons. The molecular formula is C17H18FNO. The molecule has 0 amide bonds. The zero-order valence-corrected chi connectivity index (χ0v) is 11.5. The summed E-state index contributed by atoms with van der Waals surface area (Å²) in [7, 11) is 0. The molecule has 2 rings (SSSR count). The first-order valence-electron chi connectivity index (χ1n) is 6.63. The first-order chi connectivity index (χ1) is 9.79. The zero-order valence-electron chi connectivity index (χ0n) is 11.5. The predicted octanol–water partition coefficient (Wildman–Crippen LogP) is 4.35. The van der Waals surface area contributed by atoms with Gasteiger partial charge in [0, 0.05) is 17.8 Å². The van der Waals surface area contributed by atoms with Crippen molar-refractivity contribution in [2.45, 2.75) is 6.92 Å². The second kappa shape index (κ2) is 7.34. The summed E-state index contributed by atoms with van der Waals surface area (Å²) in [5.74, 6) is 0.638. The van der Waals surface area contributed by atoms with E-state index in [1.807, 2.05) is 43.3 Å². The number of anilines is 1. The first-order valence-corrected chi connectivity index (χ1v) is 6.63. The van der Waals surface area contributed by atoms with Crippen molar-refractivity contribution in [3.8, 4) is 5.75 Å². The average Bonchev–Trinajstić information content (AvgIpc) is 2.47. The number of hydrogen-bond donors (Lipinski definition) is 1. The topological polar surface area (TPSA) is 21.3 Å². The van der Waals surface area contributed by atoms with Crippen LogP contribution in [-0.4, -0.2) is 13.2 Å². The van der Waals surface area contributed by atoms with Crippen LogP contribution in [0.5, 0.6) is 5.75 Å². The lowest BCUT2D eigenvalue weighted by Crippen LogP contribution is -2.11. The van der Waals surface area contributed by atoms with Crippen molar-refractivity contribution in [1.29, 1.82) is 0 Å². The number of rotatable bonds is 6. The van der Waals surface area contributed by atoms with Crippen LogP contribution in [0.1, 0.15) is 12.5 Å². The summed E-state index contributed by atoms with van der Waals surface area (Å²) in [4.78, 5) is 0. The third-order valence-corrected chi connectivity index (χ3v) is 2.80. The van der Waals surface area contributed by atoms with Gasteiger partial charge < -0.3 is 10.1 Å². The molecule has 0 aliphatic rings. The summed E-state index contributed by atoms with van der Waals surface area (Å²) in [6.07, 6.45) is 4.00. The van der Waals surface area contributed by atoms with E-state index in [4.69, 9.17) is 4.74 Å². The van der Waals surface area contributed by atoms with Crippen LogP contribution in [0.2, 0.25) is 0 Å². The van der Waals surface area contributed by atoms with Gasteiger partial charge in [0.05, 0.1) is 0 Å². The number of hydrogen-bond acceptors (Lipinski definition) is 2. The highest BCUT2D eigenvalue weighted by molar-refractivity contribution is 5.56. The Morgan fingerprint density at radius 2 is 1.85 bits per heavy atom. The SMILES string of the molecule is CC=Cc1ccccc1OCCNc1ccc(F)cc1. The van der Waals surface area contributed by atoms with Gasteiger partial charge in [-0.1, -0.05) is 30.4 Å². The number of para-hydroxylation sites is 1. The normalized spacial score (nSPS) is 10.7. The fourth-order valence-electron chi connectivity index (χ4n) is 1.85. The summed E-state index contributed by atoms with van der Waals surface area (Å²) in [6, 6.07) is 14.2. The molecule has 20 heavy (non-hydrogen) atoms. The maximum Gasteiger partial charge on any atom is 0.126 e. The molecule has 0 aromatic heterocycles. The van der Waals surface area contributed by atoms with E-state index in [-0.39, 0.29) is 5.82 Å². The molecule has 0 heterocycles. The lowest BCUT2D eigenvalue weighted by Gasteiger charge is -2.10. The maximum atomic E-state index is 12.8. The van der Waals surface area contributed by atoms with Crippen LogP contribution in [0.3, 0.4) is 0 Å². The molecule has 0 bridgehead atoms. The zero-order chi connectivity index (χ0) is 14.2. The number of nitrogens with one attached hydrogen (secondary N) is 1. The molecule has 0 saturated heterocycles. The largest absolute Gasteiger partial charge is 0.491 e. The van der Waals surface area contributed by atoms with E-state index in [2.05, 4.69) is 5.32 Å². The fourth-order valence-corrected chi connectivity index (χ4v) is 1.85. The van der Waals surface area contributed by atoms with Crippen molar-refractivity contribution >= 4 is 11.8 Å². The van der Waals surface area contributed by atoms with E-state index in [1.165, 1.54) is 12.1 Å². The molecule has 104 valence electrons. The Labute approximate surface area is 118 Å². The summed E-state index contributed by atoms with van der Waals surface area (Å²) in [6.45, 7) is 3.19. The molecule has 0 atom stereocenters. The van der Waals surface area contributed by atoms with Crippen molar-refractivity contribution in [2.75, 3.05) is 18.5 Å². The van der Waals surface area contributed by atoms with Crippen LogP contribution in [0.15, 0.2) is 54.6 Å². The lowest BCUT2D eigenvalue weighted by atomic mass is 10.2. The minimum absolute atomic E-state index is 0.230. The Morgan fingerprint density at radius 3 is 2.60 bits per heavy atom.